The van der Waals surface area contributed by atoms with E-state index in [0.29, 0.717) is 18.2 Å². The van der Waals surface area contributed by atoms with Crippen LogP contribution in [0.1, 0.15) is 31.2 Å². The van der Waals surface area contributed by atoms with Crippen LogP contribution in [0.15, 0.2) is 24.3 Å². The van der Waals surface area contributed by atoms with Crippen LogP contribution in [0.5, 0.6) is 0 Å². The molecule has 0 amide bonds. The molecule has 1 aromatic rings. The third kappa shape index (κ3) is 3.65. The number of hydrogen-bond donors (Lipinski definition) is 1. The lowest BCUT2D eigenvalue weighted by Gasteiger charge is -2.35. The number of likely N-dealkylation sites (tertiary alicyclic amines) is 1. The Morgan fingerprint density at radius 1 is 1.19 bits per heavy atom. The Labute approximate surface area is 131 Å². The van der Waals surface area contributed by atoms with Crippen molar-refractivity contribution in [1.29, 1.82) is 0 Å². The summed E-state index contributed by atoms with van der Waals surface area (Å²) in [6.07, 6.45) is 5.05. The van der Waals surface area contributed by atoms with Gasteiger partial charge in [0.2, 0.25) is 0 Å². The maximum Gasteiger partial charge on any atom is 0.154 e. The van der Waals surface area contributed by atoms with Crippen LogP contribution in [-0.4, -0.2) is 42.4 Å². The molecular formula is C17H23ClN2O. The SMILES string of the molecule is O=C(Cc1ccc(Cl)cc1)C1CCCN1C1CCNCC1. The summed E-state index contributed by atoms with van der Waals surface area (Å²) < 4.78 is 0. The Hall–Kier alpha value is -0.900. The number of carbonyl (C=O) groups is 1. The van der Waals surface area contributed by atoms with E-state index in [2.05, 4.69) is 10.2 Å². The summed E-state index contributed by atoms with van der Waals surface area (Å²) in [4.78, 5) is 15.1. The largest absolute Gasteiger partial charge is 0.317 e. The van der Waals surface area contributed by atoms with E-state index in [9.17, 15) is 4.79 Å². The molecule has 2 saturated heterocycles. The van der Waals surface area contributed by atoms with Gasteiger partial charge >= 0.3 is 0 Å². The third-order valence-electron chi connectivity index (χ3n) is 4.74. The van der Waals surface area contributed by atoms with Crippen molar-refractivity contribution in [2.45, 2.75) is 44.2 Å². The first-order valence-corrected chi connectivity index (χ1v) is 8.35. The van der Waals surface area contributed by atoms with Crippen molar-refractivity contribution in [3.63, 3.8) is 0 Å². The van der Waals surface area contributed by atoms with Crippen molar-refractivity contribution in [2.75, 3.05) is 19.6 Å². The van der Waals surface area contributed by atoms with Gasteiger partial charge in [-0.1, -0.05) is 23.7 Å². The van der Waals surface area contributed by atoms with E-state index in [-0.39, 0.29) is 6.04 Å². The average molecular weight is 307 g/mol. The van der Waals surface area contributed by atoms with Gasteiger partial charge in [0.1, 0.15) is 0 Å². The number of halogens is 1. The van der Waals surface area contributed by atoms with Crippen molar-refractivity contribution in [1.82, 2.24) is 10.2 Å². The standard InChI is InChI=1S/C17H23ClN2O/c18-14-5-3-13(4-6-14)12-17(21)16-2-1-11-20(16)15-7-9-19-10-8-15/h3-6,15-16,19H,1-2,7-12H2. The first-order valence-electron chi connectivity index (χ1n) is 7.97. The van der Waals surface area contributed by atoms with Gasteiger partial charge in [0.15, 0.2) is 5.78 Å². The molecule has 2 heterocycles. The van der Waals surface area contributed by atoms with Crippen molar-refractivity contribution in [2.24, 2.45) is 0 Å². The van der Waals surface area contributed by atoms with Gasteiger partial charge in [0, 0.05) is 17.5 Å². The lowest BCUT2D eigenvalue weighted by Crippen LogP contribution is -2.48. The molecule has 2 aliphatic rings. The van der Waals surface area contributed by atoms with Crippen molar-refractivity contribution in [3.05, 3.63) is 34.9 Å². The summed E-state index contributed by atoms with van der Waals surface area (Å²) in [6, 6.07) is 8.37. The minimum Gasteiger partial charge on any atom is -0.317 e. The molecule has 0 aromatic heterocycles. The molecule has 21 heavy (non-hydrogen) atoms. The van der Waals surface area contributed by atoms with E-state index < -0.39 is 0 Å². The predicted molar refractivity (Wildman–Crippen MR) is 85.8 cm³/mol. The zero-order valence-electron chi connectivity index (χ0n) is 12.4. The number of benzene rings is 1. The molecule has 2 fully saturated rings. The van der Waals surface area contributed by atoms with Crippen LogP contribution < -0.4 is 5.32 Å². The second kappa shape index (κ2) is 6.91. The fourth-order valence-electron chi connectivity index (χ4n) is 3.63. The van der Waals surface area contributed by atoms with Crippen LogP contribution in [0.25, 0.3) is 0 Å². The molecular weight excluding hydrogens is 284 g/mol. The molecule has 0 bridgehead atoms. The van der Waals surface area contributed by atoms with Crippen molar-refractivity contribution >= 4 is 17.4 Å². The second-order valence-corrected chi connectivity index (χ2v) is 6.58. The molecule has 1 unspecified atom stereocenters. The third-order valence-corrected chi connectivity index (χ3v) is 4.99. The molecule has 1 N–H and O–H groups in total. The summed E-state index contributed by atoms with van der Waals surface area (Å²) in [5.41, 5.74) is 1.07. The number of carbonyl (C=O) groups excluding carboxylic acids is 1. The molecule has 0 saturated carbocycles. The number of ketones is 1. The van der Waals surface area contributed by atoms with E-state index in [1.807, 2.05) is 24.3 Å². The monoisotopic (exact) mass is 306 g/mol. The summed E-state index contributed by atoms with van der Waals surface area (Å²) in [6.45, 7) is 3.25. The molecule has 0 radical (unpaired) electrons. The maximum atomic E-state index is 12.7. The van der Waals surface area contributed by atoms with E-state index in [0.717, 1.165) is 43.1 Å². The quantitative estimate of drug-likeness (QED) is 0.928. The first kappa shape index (κ1) is 15.0. The predicted octanol–water partition coefficient (Wildman–Crippen LogP) is 2.67. The van der Waals surface area contributed by atoms with Crippen LogP contribution in [0.3, 0.4) is 0 Å². The van der Waals surface area contributed by atoms with Crippen LogP contribution >= 0.6 is 11.6 Å². The number of nitrogens with one attached hydrogen (secondary N) is 1. The van der Waals surface area contributed by atoms with Crippen LogP contribution in [0.2, 0.25) is 5.02 Å². The minimum absolute atomic E-state index is 0.128. The Morgan fingerprint density at radius 3 is 2.62 bits per heavy atom. The summed E-state index contributed by atoms with van der Waals surface area (Å²) in [7, 11) is 0. The van der Waals surface area contributed by atoms with E-state index in [1.54, 1.807) is 0 Å². The van der Waals surface area contributed by atoms with Gasteiger partial charge < -0.3 is 5.32 Å². The molecule has 3 rings (SSSR count). The summed E-state index contributed by atoms with van der Waals surface area (Å²) in [5.74, 6) is 0.369. The number of Topliss-reactive ketones (excluding diaryl/α,β-unsaturated/α-hetero) is 1. The molecule has 114 valence electrons. The molecule has 1 atom stereocenters. The highest BCUT2D eigenvalue weighted by molar-refractivity contribution is 6.30. The molecule has 4 heteroatoms. The molecule has 1 aromatic carbocycles. The van der Waals surface area contributed by atoms with Gasteiger partial charge in [-0.3, -0.25) is 9.69 Å². The first-order chi connectivity index (χ1) is 10.2. The lowest BCUT2D eigenvalue weighted by atomic mass is 9.98. The van der Waals surface area contributed by atoms with Crippen LogP contribution in [-0.2, 0) is 11.2 Å². The average Bonchev–Trinajstić information content (AvgIpc) is 3.00. The van der Waals surface area contributed by atoms with E-state index in [1.165, 1.54) is 12.8 Å². The topological polar surface area (TPSA) is 32.3 Å². The lowest BCUT2D eigenvalue weighted by molar-refractivity contribution is -0.123. The van der Waals surface area contributed by atoms with Crippen molar-refractivity contribution in [3.8, 4) is 0 Å². The maximum absolute atomic E-state index is 12.7. The Kier molecular flexibility index (Phi) is 4.94. The zero-order valence-corrected chi connectivity index (χ0v) is 13.1. The normalized spacial score (nSPS) is 24.3. The highest BCUT2D eigenvalue weighted by Crippen LogP contribution is 2.26. The van der Waals surface area contributed by atoms with Crippen molar-refractivity contribution < 1.29 is 4.79 Å². The minimum atomic E-state index is 0.128. The molecule has 3 nitrogen and oxygen atoms in total. The zero-order chi connectivity index (χ0) is 14.7. The smallest absolute Gasteiger partial charge is 0.154 e. The van der Waals surface area contributed by atoms with Gasteiger partial charge in [0.25, 0.3) is 0 Å². The van der Waals surface area contributed by atoms with Gasteiger partial charge in [-0.25, -0.2) is 0 Å². The molecule has 0 aliphatic carbocycles. The fourth-order valence-corrected chi connectivity index (χ4v) is 3.76. The van der Waals surface area contributed by atoms with E-state index >= 15 is 0 Å². The van der Waals surface area contributed by atoms with Gasteiger partial charge in [-0.2, -0.15) is 0 Å². The fraction of sp³-hybridized carbons (Fsp3) is 0.588. The van der Waals surface area contributed by atoms with E-state index in [4.69, 9.17) is 11.6 Å². The van der Waals surface area contributed by atoms with Gasteiger partial charge in [-0.05, 0) is 63.0 Å². The Bertz CT molecular complexity index is 482. The van der Waals surface area contributed by atoms with Gasteiger partial charge in [-0.15, -0.1) is 0 Å². The highest BCUT2D eigenvalue weighted by Gasteiger charge is 2.35. The number of rotatable bonds is 4. The molecule has 0 spiro atoms. The number of piperidine rings is 1. The van der Waals surface area contributed by atoms with Crippen LogP contribution in [0.4, 0.5) is 0 Å². The van der Waals surface area contributed by atoms with Gasteiger partial charge in [0.05, 0.1) is 6.04 Å². The van der Waals surface area contributed by atoms with Crippen LogP contribution in [0, 0.1) is 0 Å². The molecule has 2 aliphatic heterocycles. The second-order valence-electron chi connectivity index (χ2n) is 6.15. The number of nitrogens with zero attached hydrogens (tertiary/aromatic N) is 1. The highest BCUT2D eigenvalue weighted by atomic mass is 35.5. The summed E-state index contributed by atoms with van der Waals surface area (Å²) >= 11 is 5.90. The Balaban J connectivity index is 1.63. The summed E-state index contributed by atoms with van der Waals surface area (Å²) in [5, 5.41) is 4.13. The Morgan fingerprint density at radius 2 is 1.90 bits per heavy atom. The number of hydrogen-bond acceptors (Lipinski definition) is 3.